The third-order valence-corrected chi connectivity index (χ3v) is 4.04. The van der Waals surface area contributed by atoms with E-state index >= 15 is 0 Å². The summed E-state index contributed by atoms with van der Waals surface area (Å²) in [5.74, 6) is -0.653. The molecule has 0 aliphatic carbocycles. The van der Waals surface area contributed by atoms with Gasteiger partial charge in [-0.15, -0.1) is 0 Å². The van der Waals surface area contributed by atoms with Gasteiger partial charge in [0.1, 0.15) is 12.2 Å². The monoisotopic (exact) mass is 294 g/mol. The van der Waals surface area contributed by atoms with Crippen molar-refractivity contribution in [3.8, 4) is 0 Å². The van der Waals surface area contributed by atoms with Crippen LogP contribution in [0.2, 0.25) is 0 Å². The Kier molecular flexibility index (Phi) is 5.32. The smallest absolute Gasteiger partial charge is 0.157 e. The molecule has 6 N–H and O–H groups in total. The van der Waals surface area contributed by atoms with Gasteiger partial charge in [0.15, 0.2) is 6.29 Å². The van der Waals surface area contributed by atoms with Crippen LogP contribution in [-0.4, -0.2) is 86.8 Å². The van der Waals surface area contributed by atoms with E-state index in [1.165, 1.54) is 0 Å². The molecule has 0 aromatic heterocycles. The highest BCUT2D eigenvalue weighted by molar-refractivity contribution is 4.94. The SMILES string of the molecule is OC[C@H]1O[C@H](O)C[C@@H](O)C1[C@@H]1C[C@@H](O)[C@H](O)[C@@H](CO)O1. The van der Waals surface area contributed by atoms with Crippen LogP contribution in [0.3, 0.4) is 0 Å². The number of ether oxygens (including phenoxy) is 2. The first-order valence-corrected chi connectivity index (χ1v) is 6.72. The van der Waals surface area contributed by atoms with Gasteiger partial charge < -0.3 is 40.1 Å². The second-order valence-electron chi connectivity index (χ2n) is 5.38. The van der Waals surface area contributed by atoms with E-state index in [1.807, 2.05) is 0 Å². The van der Waals surface area contributed by atoms with E-state index in [4.69, 9.17) is 14.6 Å². The second kappa shape index (κ2) is 6.63. The predicted molar refractivity (Wildman–Crippen MR) is 64.5 cm³/mol. The van der Waals surface area contributed by atoms with Gasteiger partial charge in [-0.05, 0) is 0 Å². The minimum atomic E-state index is -1.20. The third-order valence-electron chi connectivity index (χ3n) is 4.04. The molecule has 1 unspecified atom stereocenters. The van der Waals surface area contributed by atoms with Gasteiger partial charge in [0, 0.05) is 18.8 Å². The zero-order chi connectivity index (χ0) is 14.9. The second-order valence-corrected chi connectivity index (χ2v) is 5.38. The number of aliphatic hydroxyl groups is 6. The van der Waals surface area contributed by atoms with Crippen LogP contribution in [0.4, 0.5) is 0 Å². The van der Waals surface area contributed by atoms with E-state index in [0.717, 1.165) is 0 Å². The molecule has 8 nitrogen and oxygen atoms in total. The molecule has 2 rings (SSSR count). The molecule has 2 aliphatic heterocycles. The molecule has 0 aromatic rings. The lowest BCUT2D eigenvalue weighted by Gasteiger charge is -2.45. The molecule has 0 aromatic carbocycles. The van der Waals surface area contributed by atoms with Gasteiger partial charge in [-0.1, -0.05) is 0 Å². The first-order chi connectivity index (χ1) is 9.47. The average molecular weight is 294 g/mol. The molecule has 0 saturated carbocycles. The summed E-state index contributed by atoms with van der Waals surface area (Å²) < 4.78 is 10.7. The Bertz CT molecular complexity index is 314. The van der Waals surface area contributed by atoms with Crippen LogP contribution in [0.5, 0.6) is 0 Å². The zero-order valence-electron chi connectivity index (χ0n) is 10.9. The van der Waals surface area contributed by atoms with Crippen molar-refractivity contribution in [2.24, 2.45) is 5.92 Å². The standard InChI is InChI=1S/C12H22O8/c13-3-8-11(5(15)2-10(17)20-8)7-1-6(16)12(18)9(4-14)19-7/h5-18H,1-4H2/t5-,6-,7+,8-,9-,10+,11?,12+/m1/s1. The third kappa shape index (κ3) is 3.12. The van der Waals surface area contributed by atoms with Crippen LogP contribution in [-0.2, 0) is 9.47 Å². The molecule has 2 aliphatic rings. The molecule has 0 radical (unpaired) electrons. The van der Waals surface area contributed by atoms with Crippen LogP contribution in [0, 0.1) is 5.92 Å². The molecule has 0 spiro atoms. The number of hydrogen-bond acceptors (Lipinski definition) is 8. The minimum Gasteiger partial charge on any atom is -0.394 e. The van der Waals surface area contributed by atoms with E-state index in [9.17, 15) is 25.5 Å². The van der Waals surface area contributed by atoms with Gasteiger partial charge in [-0.25, -0.2) is 0 Å². The fourth-order valence-electron chi connectivity index (χ4n) is 3.00. The highest BCUT2D eigenvalue weighted by Gasteiger charge is 2.47. The Morgan fingerprint density at radius 3 is 2.05 bits per heavy atom. The molecule has 0 amide bonds. The number of hydrogen-bond donors (Lipinski definition) is 6. The highest BCUT2D eigenvalue weighted by atomic mass is 16.6. The number of rotatable bonds is 3. The van der Waals surface area contributed by atoms with Crippen molar-refractivity contribution in [2.75, 3.05) is 13.2 Å². The van der Waals surface area contributed by atoms with Crippen molar-refractivity contribution in [3.05, 3.63) is 0 Å². The lowest BCUT2D eigenvalue weighted by molar-refractivity contribution is -0.266. The van der Waals surface area contributed by atoms with Gasteiger partial charge in [-0.3, -0.25) is 0 Å². The lowest BCUT2D eigenvalue weighted by atomic mass is 9.81. The molecule has 0 bridgehead atoms. The summed E-state index contributed by atoms with van der Waals surface area (Å²) in [4.78, 5) is 0. The van der Waals surface area contributed by atoms with Gasteiger partial charge in [-0.2, -0.15) is 0 Å². The Morgan fingerprint density at radius 2 is 1.45 bits per heavy atom. The van der Waals surface area contributed by atoms with Crippen molar-refractivity contribution < 1.29 is 40.1 Å². The largest absolute Gasteiger partial charge is 0.394 e. The summed E-state index contributed by atoms with van der Waals surface area (Å²) in [6.45, 7) is -0.883. The molecule has 8 heteroatoms. The van der Waals surface area contributed by atoms with E-state index in [0.29, 0.717) is 0 Å². The minimum absolute atomic E-state index is 0.0243. The van der Waals surface area contributed by atoms with Gasteiger partial charge >= 0.3 is 0 Å². The van der Waals surface area contributed by atoms with Gasteiger partial charge in [0.2, 0.25) is 0 Å². The van der Waals surface area contributed by atoms with Crippen molar-refractivity contribution in [1.29, 1.82) is 0 Å². The summed E-state index contributed by atoms with van der Waals surface area (Å²) >= 11 is 0. The fourth-order valence-corrected chi connectivity index (χ4v) is 3.00. The van der Waals surface area contributed by atoms with Gasteiger partial charge in [0.25, 0.3) is 0 Å². The van der Waals surface area contributed by atoms with Gasteiger partial charge in [0.05, 0.1) is 37.6 Å². The van der Waals surface area contributed by atoms with Crippen molar-refractivity contribution >= 4 is 0 Å². The Morgan fingerprint density at radius 1 is 0.800 bits per heavy atom. The van der Waals surface area contributed by atoms with E-state index in [-0.39, 0.29) is 12.8 Å². The van der Waals surface area contributed by atoms with Crippen LogP contribution in [0.15, 0.2) is 0 Å². The Hall–Kier alpha value is -0.320. The topological polar surface area (TPSA) is 140 Å². The maximum atomic E-state index is 10.1. The van der Waals surface area contributed by atoms with E-state index in [1.54, 1.807) is 0 Å². The van der Waals surface area contributed by atoms with E-state index in [2.05, 4.69) is 0 Å². The van der Waals surface area contributed by atoms with Crippen molar-refractivity contribution in [3.63, 3.8) is 0 Å². The summed E-state index contributed by atoms with van der Waals surface area (Å²) in [5, 5.41) is 57.4. The maximum absolute atomic E-state index is 10.1. The first kappa shape index (κ1) is 16.1. The fraction of sp³-hybridized carbons (Fsp3) is 1.00. The van der Waals surface area contributed by atoms with Crippen molar-refractivity contribution in [1.82, 2.24) is 0 Å². The predicted octanol–water partition coefficient (Wildman–Crippen LogP) is -3.07. The van der Waals surface area contributed by atoms with Crippen LogP contribution in [0.25, 0.3) is 0 Å². The summed E-state index contributed by atoms with van der Waals surface area (Å²) in [7, 11) is 0. The Labute approximate surface area is 116 Å². The zero-order valence-corrected chi connectivity index (χ0v) is 10.9. The van der Waals surface area contributed by atoms with Crippen LogP contribution >= 0.6 is 0 Å². The van der Waals surface area contributed by atoms with Crippen LogP contribution < -0.4 is 0 Å². The first-order valence-electron chi connectivity index (χ1n) is 6.72. The maximum Gasteiger partial charge on any atom is 0.157 e. The summed E-state index contributed by atoms with van der Waals surface area (Å²) in [6.07, 6.45) is -6.87. The Balaban J connectivity index is 2.12. The lowest BCUT2D eigenvalue weighted by Crippen LogP contribution is -2.58. The van der Waals surface area contributed by atoms with Crippen molar-refractivity contribution in [2.45, 2.75) is 55.8 Å². The van der Waals surface area contributed by atoms with E-state index < -0.39 is 62.0 Å². The molecule has 2 fully saturated rings. The molecule has 2 saturated heterocycles. The normalized spacial score (nSPS) is 50.1. The molecule has 2 heterocycles. The number of aliphatic hydroxyl groups excluding tert-OH is 6. The summed E-state index contributed by atoms with van der Waals surface area (Å²) in [6, 6.07) is 0. The molecule has 20 heavy (non-hydrogen) atoms. The van der Waals surface area contributed by atoms with Crippen LogP contribution in [0.1, 0.15) is 12.8 Å². The quantitative estimate of drug-likeness (QED) is 0.322. The summed E-state index contributed by atoms with van der Waals surface area (Å²) in [5.41, 5.74) is 0. The molecule has 118 valence electrons. The molecular formula is C12H22O8. The molecular weight excluding hydrogens is 272 g/mol. The highest BCUT2D eigenvalue weighted by Crippen LogP contribution is 2.34. The average Bonchev–Trinajstić information content (AvgIpc) is 2.41. The molecule has 8 atom stereocenters.